The summed E-state index contributed by atoms with van der Waals surface area (Å²) in [4.78, 5) is 25.6. The number of aliphatic hydroxyl groups is 7. The van der Waals surface area contributed by atoms with Crippen LogP contribution in [0.2, 0.25) is 0 Å². The molecule has 2 aliphatic heterocycles. The number of aliphatic hydroxyl groups excluding tert-OH is 7. The van der Waals surface area contributed by atoms with Gasteiger partial charge in [0.15, 0.2) is 18.7 Å². The summed E-state index contributed by atoms with van der Waals surface area (Å²) in [6.45, 7) is 2.35. The van der Waals surface area contributed by atoms with E-state index in [-0.39, 0.29) is 19.4 Å². The molecule has 2 aliphatic rings. The Morgan fingerprint density at radius 1 is 0.524 bits per heavy atom. The summed E-state index contributed by atoms with van der Waals surface area (Å²) in [6, 6.07) is 0. The lowest BCUT2D eigenvalue weighted by atomic mass is 9.98. The lowest BCUT2D eigenvalue weighted by molar-refractivity contribution is -0.332. The Hall–Kier alpha value is -2.80. The van der Waals surface area contributed by atoms with Gasteiger partial charge in [0.2, 0.25) is 0 Å². The predicted molar refractivity (Wildman–Crippen MR) is 238 cm³/mol. The van der Waals surface area contributed by atoms with Crippen LogP contribution in [0.4, 0.5) is 0 Å². The predicted octanol–water partition coefficient (Wildman–Crippen LogP) is 5.31. The Labute approximate surface area is 375 Å². The van der Waals surface area contributed by atoms with Gasteiger partial charge in [-0.1, -0.05) is 126 Å². The summed E-state index contributed by atoms with van der Waals surface area (Å²) in [6.07, 6.45) is 21.2. The maximum Gasteiger partial charge on any atom is 0.306 e. The van der Waals surface area contributed by atoms with Gasteiger partial charge in [0, 0.05) is 12.8 Å². The largest absolute Gasteiger partial charge is 0.462 e. The second kappa shape index (κ2) is 35.5. The van der Waals surface area contributed by atoms with E-state index < -0.39 is 99.3 Å². The van der Waals surface area contributed by atoms with Gasteiger partial charge < -0.3 is 64.2 Å². The van der Waals surface area contributed by atoms with Gasteiger partial charge in [0.1, 0.15) is 55.4 Å². The van der Waals surface area contributed by atoms with Gasteiger partial charge in [-0.25, -0.2) is 0 Å². The Kier molecular flexibility index (Phi) is 31.7. The van der Waals surface area contributed by atoms with Crippen molar-refractivity contribution < 1.29 is 73.8 Å². The Balaban J connectivity index is 1.88. The highest BCUT2D eigenvalue weighted by atomic mass is 16.7. The Morgan fingerprint density at radius 3 is 1.62 bits per heavy atom. The molecule has 2 heterocycles. The molecule has 2 fully saturated rings. The second-order valence-electron chi connectivity index (χ2n) is 16.3. The van der Waals surface area contributed by atoms with E-state index >= 15 is 0 Å². The van der Waals surface area contributed by atoms with Crippen LogP contribution in [-0.2, 0) is 38.0 Å². The van der Waals surface area contributed by atoms with E-state index in [0.29, 0.717) is 12.8 Å². The molecule has 0 amide bonds. The highest BCUT2D eigenvalue weighted by Crippen LogP contribution is 2.26. The molecule has 0 radical (unpaired) electrons. The third-order valence-electron chi connectivity index (χ3n) is 10.8. The van der Waals surface area contributed by atoms with E-state index in [2.05, 4.69) is 38.2 Å². The van der Waals surface area contributed by atoms with E-state index in [1.54, 1.807) is 0 Å². The zero-order chi connectivity index (χ0) is 46.1. The molecular weight excluding hydrogens is 817 g/mol. The molecule has 0 aliphatic carbocycles. The van der Waals surface area contributed by atoms with Crippen LogP contribution in [0.1, 0.15) is 136 Å². The number of ether oxygens (including phenoxy) is 6. The molecule has 0 aromatic heterocycles. The zero-order valence-corrected chi connectivity index (χ0v) is 37.8. The fraction of sp³-hybridized carbons (Fsp3) is 0.750. The van der Waals surface area contributed by atoms with Gasteiger partial charge in [-0.05, 0) is 57.8 Å². The van der Waals surface area contributed by atoms with Crippen LogP contribution in [-0.4, -0.2) is 142 Å². The average molecular weight is 897 g/mol. The number of allylic oxidation sites excluding steroid dienone is 10. The molecule has 2 rings (SSSR count). The van der Waals surface area contributed by atoms with Crippen molar-refractivity contribution in [2.75, 3.05) is 26.4 Å². The molecule has 0 aromatic rings. The molecule has 0 saturated carbocycles. The van der Waals surface area contributed by atoms with Crippen molar-refractivity contribution in [3.05, 3.63) is 60.8 Å². The molecule has 11 atom stereocenters. The lowest BCUT2D eigenvalue weighted by Gasteiger charge is -2.42. The smallest absolute Gasteiger partial charge is 0.306 e. The minimum Gasteiger partial charge on any atom is -0.462 e. The van der Waals surface area contributed by atoms with Crippen LogP contribution in [0.25, 0.3) is 0 Å². The summed E-state index contributed by atoms with van der Waals surface area (Å²) in [5, 5.41) is 71.9. The van der Waals surface area contributed by atoms with Crippen LogP contribution in [0, 0.1) is 0 Å². The normalized spacial score (nSPS) is 27.4. The van der Waals surface area contributed by atoms with Crippen LogP contribution >= 0.6 is 0 Å². The first-order valence-electron chi connectivity index (χ1n) is 23.4. The maximum atomic E-state index is 12.9. The van der Waals surface area contributed by atoms with Crippen molar-refractivity contribution >= 4 is 11.9 Å². The first kappa shape index (κ1) is 56.3. The summed E-state index contributed by atoms with van der Waals surface area (Å²) in [5.74, 6) is -0.996. The lowest BCUT2D eigenvalue weighted by Crippen LogP contribution is -2.61. The molecule has 0 bridgehead atoms. The number of rotatable bonds is 34. The van der Waals surface area contributed by atoms with E-state index in [9.17, 15) is 45.3 Å². The highest BCUT2D eigenvalue weighted by molar-refractivity contribution is 5.70. The molecule has 362 valence electrons. The maximum absolute atomic E-state index is 12.9. The van der Waals surface area contributed by atoms with Gasteiger partial charge in [-0.2, -0.15) is 0 Å². The van der Waals surface area contributed by atoms with Crippen molar-refractivity contribution in [1.82, 2.24) is 0 Å². The Bertz CT molecular complexity index is 1330. The molecule has 63 heavy (non-hydrogen) atoms. The summed E-state index contributed by atoms with van der Waals surface area (Å²) >= 11 is 0. The van der Waals surface area contributed by atoms with Crippen molar-refractivity contribution in [3.8, 4) is 0 Å². The van der Waals surface area contributed by atoms with Gasteiger partial charge in [0.25, 0.3) is 0 Å². The van der Waals surface area contributed by atoms with E-state index in [1.807, 2.05) is 36.5 Å². The number of carbonyl (C=O) groups excluding carboxylic acids is 2. The first-order valence-corrected chi connectivity index (χ1v) is 23.4. The van der Waals surface area contributed by atoms with Crippen LogP contribution in [0.3, 0.4) is 0 Å². The fourth-order valence-corrected chi connectivity index (χ4v) is 6.93. The SMILES string of the molecule is CC/C=C/C=C/C=C/C=C/CCCCCC(=O)OC(COC(=O)CCCCC/C=C/CCCCCCCCC)CO[C@@H]1O[C@H](CO[C@@H]2O[C@H](CO)[C@H](O)C(O)C2O)[C@H](O)C(O)C1O. The first-order chi connectivity index (χ1) is 30.5. The minimum absolute atomic E-state index is 0.114. The van der Waals surface area contributed by atoms with E-state index in [4.69, 9.17) is 28.4 Å². The molecule has 2 saturated heterocycles. The summed E-state index contributed by atoms with van der Waals surface area (Å²) < 4.78 is 33.4. The Morgan fingerprint density at radius 2 is 1.02 bits per heavy atom. The molecule has 5 unspecified atom stereocenters. The zero-order valence-electron chi connectivity index (χ0n) is 37.8. The molecule has 0 aromatic carbocycles. The number of hydrogen-bond acceptors (Lipinski definition) is 15. The summed E-state index contributed by atoms with van der Waals surface area (Å²) in [7, 11) is 0. The summed E-state index contributed by atoms with van der Waals surface area (Å²) in [5.41, 5.74) is 0. The highest BCUT2D eigenvalue weighted by Gasteiger charge is 2.47. The van der Waals surface area contributed by atoms with Gasteiger partial charge in [-0.15, -0.1) is 0 Å². The monoisotopic (exact) mass is 897 g/mol. The standard InChI is InChI=1S/C48H80O15/c1-3-5-7-9-11-13-15-17-19-20-22-24-26-28-30-39(50)58-33-36(61-40(51)31-29-27-25-23-21-18-16-14-12-10-8-6-4-2)34-59-47-46(57)44(55)42(53)38(63-47)35-60-48-45(56)43(54)41(52)37(32-49)62-48/h6,8,10,12,14,16,18-21,36-38,41-49,52-57H,3-5,7,9,11,13,15,17,22-35H2,1-2H3/b8-6+,12-10+,16-14+,20-19+,21-18+/t36?,37-,38-,41+,42+,43?,44?,45?,46?,47-,48-/m1/s1. The van der Waals surface area contributed by atoms with Gasteiger partial charge in [-0.3, -0.25) is 9.59 Å². The third-order valence-corrected chi connectivity index (χ3v) is 10.8. The minimum atomic E-state index is -1.78. The number of carbonyl (C=O) groups is 2. The molecule has 7 N–H and O–H groups in total. The second-order valence-corrected chi connectivity index (χ2v) is 16.3. The van der Waals surface area contributed by atoms with Crippen LogP contribution in [0.15, 0.2) is 60.8 Å². The molecule has 15 nitrogen and oxygen atoms in total. The number of esters is 2. The molecule has 15 heteroatoms. The third kappa shape index (κ3) is 24.3. The van der Waals surface area contributed by atoms with Crippen LogP contribution in [0.5, 0.6) is 0 Å². The quantitative estimate of drug-likeness (QED) is 0.0188. The number of hydrogen-bond donors (Lipinski definition) is 7. The van der Waals surface area contributed by atoms with Crippen molar-refractivity contribution in [2.45, 2.75) is 203 Å². The van der Waals surface area contributed by atoms with Crippen molar-refractivity contribution in [1.29, 1.82) is 0 Å². The van der Waals surface area contributed by atoms with Crippen molar-refractivity contribution in [3.63, 3.8) is 0 Å². The van der Waals surface area contributed by atoms with Gasteiger partial charge in [0.05, 0.1) is 19.8 Å². The average Bonchev–Trinajstić information content (AvgIpc) is 3.28. The van der Waals surface area contributed by atoms with Crippen LogP contribution < -0.4 is 0 Å². The van der Waals surface area contributed by atoms with E-state index in [1.165, 1.54) is 44.9 Å². The number of unbranched alkanes of at least 4 members (excludes halogenated alkanes) is 13. The van der Waals surface area contributed by atoms with Gasteiger partial charge >= 0.3 is 11.9 Å². The van der Waals surface area contributed by atoms with E-state index in [0.717, 1.165) is 51.4 Å². The topological polar surface area (TPSA) is 231 Å². The molecule has 0 spiro atoms. The molecular formula is C48H80O15. The van der Waals surface area contributed by atoms with Crippen molar-refractivity contribution in [2.24, 2.45) is 0 Å². The fourth-order valence-electron chi connectivity index (χ4n) is 6.93.